The van der Waals surface area contributed by atoms with Gasteiger partial charge in [-0.25, -0.2) is 0 Å². The summed E-state index contributed by atoms with van der Waals surface area (Å²) in [6, 6.07) is 3.79. The van der Waals surface area contributed by atoms with Crippen LogP contribution in [-0.2, 0) is 0 Å². The van der Waals surface area contributed by atoms with E-state index < -0.39 is 8.07 Å². The second kappa shape index (κ2) is 9.22. The highest BCUT2D eigenvalue weighted by atomic mass is 28.3. The molecule has 2 heterocycles. The first kappa shape index (κ1) is 23.5. The minimum absolute atomic E-state index is 0.943. The zero-order valence-electron chi connectivity index (χ0n) is 22.5. The van der Waals surface area contributed by atoms with Crippen LogP contribution < -0.4 is 0 Å². The molecule has 3 heteroatoms. The minimum atomic E-state index is -1.35. The molecular weight excluding hydrogens is 416 g/mol. The van der Waals surface area contributed by atoms with E-state index in [9.17, 15) is 0 Å². The summed E-state index contributed by atoms with van der Waals surface area (Å²) in [4.78, 5) is 6.15. The zero-order valence-corrected chi connectivity index (χ0v) is 23.5. The average Bonchev–Trinajstić information content (AvgIpc) is 3.54. The van der Waals surface area contributed by atoms with Crippen LogP contribution in [0.25, 0.3) is 0 Å². The Morgan fingerprint density at radius 2 is 0.939 bits per heavy atom. The molecule has 33 heavy (non-hydrogen) atoms. The fraction of sp³-hybridized carbons (Fsp3) is 1.00. The number of hydrogen-bond acceptors (Lipinski definition) is 2. The average molecular weight is 471 g/mol. The Hall–Kier alpha value is 0.137. The van der Waals surface area contributed by atoms with E-state index in [0.717, 1.165) is 58.9 Å². The summed E-state index contributed by atoms with van der Waals surface area (Å²) in [5, 5.41) is 0. The maximum absolute atomic E-state index is 3.08. The van der Waals surface area contributed by atoms with Crippen molar-refractivity contribution >= 4 is 8.07 Å². The highest BCUT2D eigenvalue weighted by Gasteiger charge is 2.61. The van der Waals surface area contributed by atoms with Gasteiger partial charge in [-0.05, 0) is 99.2 Å². The van der Waals surface area contributed by atoms with Crippen LogP contribution >= 0.6 is 0 Å². The van der Waals surface area contributed by atoms with Crippen molar-refractivity contribution in [2.24, 2.45) is 23.7 Å². The first-order valence-corrected chi connectivity index (χ1v) is 18.6. The van der Waals surface area contributed by atoms with Crippen LogP contribution in [-0.4, -0.2) is 55.1 Å². The summed E-state index contributed by atoms with van der Waals surface area (Å²) in [6.45, 7) is 14.1. The van der Waals surface area contributed by atoms with E-state index in [-0.39, 0.29) is 0 Å². The van der Waals surface area contributed by atoms with Gasteiger partial charge in [0.25, 0.3) is 0 Å². The van der Waals surface area contributed by atoms with Crippen molar-refractivity contribution in [3.8, 4) is 0 Å². The highest BCUT2D eigenvalue weighted by molar-refractivity contribution is 6.80. The fourth-order valence-corrected chi connectivity index (χ4v) is 18.3. The van der Waals surface area contributed by atoms with E-state index in [2.05, 4.69) is 36.7 Å². The molecule has 2 saturated heterocycles. The molecule has 0 aromatic rings. The molecule has 0 amide bonds. The van der Waals surface area contributed by atoms with Crippen molar-refractivity contribution in [2.75, 3.05) is 13.1 Å². The lowest BCUT2D eigenvalue weighted by Crippen LogP contribution is -2.46. The molecular formula is C30H54N2Si. The third-order valence-electron chi connectivity index (χ3n) is 12.5. The van der Waals surface area contributed by atoms with Crippen LogP contribution in [0.3, 0.4) is 0 Å². The molecule has 6 fully saturated rings. The molecule has 6 aliphatic rings. The molecule has 0 spiro atoms. The normalized spacial score (nSPS) is 46.2. The summed E-state index contributed by atoms with van der Waals surface area (Å²) in [5.74, 6) is 4.06. The Morgan fingerprint density at radius 1 is 0.545 bits per heavy atom. The Labute approximate surface area is 206 Å². The zero-order chi connectivity index (χ0) is 22.7. The molecule has 8 unspecified atom stereocenters. The van der Waals surface area contributed by atoms with Gasteiger partial charge in [0.1, 0.15) is 0 Å². The van der Waals surface area contributed by atoms with E-state index in [0.29, 0.717) is 0 Å². The number of rotatable bonds is 4. The Morgan fingerprint density at radius 3 is 1.33 bits per heavy atom. The second-order valence-corrected chi connectivity index (χ2v) is 19.4. The van der Waals surface area contributed by atoms with Gasteiger partial charge >= 0.3 is 0 Å². The number of fused-ring (bicyclic) bond motifs is 2. The lowest BCUT2D eigenvalue weighted by molar-refractivity contribution is 0.133. The standard InChI is InChI=1S/C30H54N2Si/c1-21-19-27-25(15-17-31(27)23-11-7-5-8-12-23)29(21)33(3,4)30-22(2)20-28-26(30)16-18-32(28)24-13-9-6-10-14-24/h21-30H,5-20H2,1-4H3. The molecule has 4 aliphatic carbocycles. The molecule has 2 aliphatic heterocycles. The SMILES string of the molecule is CC1CC2C(CCN2C2CCCCC2)C1[Si](C)(C)C1C(C)CC2C1CCN2C1CCCCC1. The summed E-state index contributed by atoms with van der Waals surface area (Å²) in [7, 11) is -1.35. The Balaban J connectivity index is 1.19. The highest BCUT2D eigenvalue weighted by Crippen LogP contribution is 2.63. The van der Waals surface area contributed by atoms with Crippen molar-refractivity contribution in [1.29, 1.82) is 0 Å². The molecule has 188 valence electrons. The van der Waals surface area contributed by atoms with Crippen molar-refractivity contribution in [2.45, 2.75) is 152 Å². The molecule has 4 saturated carbocycles. The van der Waals surface area contributed by atoms with Crippen LogP contribution in [0.15, 0.2) is 0 Å². The molecule has 0 N–H and O–H groups in total. The molecule has 8 atom stereocenters. The Bertz CT molecular complexity index is 625. The topological polar surface area (TPSA) is 6.48 Å². The smallest absolute Gasteiger partial charge is 0.0547 e. The van der Waals surface area contributed by atoms with Gasteiger partial charge in [0.05, 0.1) is 8.07 Å². The fourth-order valence-electron chi connectivity index (χ4n) is 11.7. The van der Waals surface area contributed by atoms with Gasteiger partial charge in [-0.3, -0.25) is 9.80 Å². The van der Waals surface area contributed by atoms with Crippen LogP contribution in [0.1, 0.15) is 104 Å². The van der Waals surface area contributed by atoms with Gasteiger partial charge in [-0.2, -0.15) is 0 Å². The molecule has 6 rings (SSSR count). The first-order chi connectivity index (χ1) is 16.0. The van der Waals surface area contributed by atoms with Gasteiger partial charge in [-0.1, -0.05) is 65.5 Å². The first-order valence-electron chi connectivity index (χ1n) is 15.5. The van der Waals surface area contributed by atoms with E-state index in [4.69, 9.17) is 0 Å². The molecule has 0 aromatic carbocycles. The largest absolute Gasteiger partial charge is 0.297 e. The van der Waals surface area contributed by atoms with Gasteiger partial charge in [0, 0.05) is 24.2 Å². The van der Waals surface area contributed by atoms with E-state index in [1.54, 1.807) is 0 Å². The summed E-state index contributed by atoms with van der Waals surface area (Å²) < 4.78 is 0. The predicted octanol–water partition coefficient (Wildman–Crippen LogP) is 7.56. The third kappa shape index (κ3) is 3.93. The molecule has 0 radical (unpaired) electrons. The second-order valence-electron chi connectivity index (χ2n) is 14.4. The molecule has 0 aromatic heterocycles. The molecule has 0 bridgehead atoms. The Kier molecular flexibility index (Phi) is 6.57. The van der Waals surface area contributed by atoms with Crippen LogP contribution in [0, 0.1) is 23.7 Å². The van der Waals surface area contributed by atoms with Crippen LogP contribution in [0.2, 0.25) is 24.2 Å². The van der Waals surface area contributed by atoms with E-state index in [1.807, 2.05) is 0 Å². The van der Waals surface area contributed by atoms with Crippen LogP contribution in [0.5, 0.6) is 0 Å². The van der Waals surface area contributed by atoms with Crippen molar-refractivity contribution in [3.05, 3.63) is 0 Å². The van der Waals surface area contributed by atoms with Gasteiger partial charge < -0.3 is 0 Å². The molecule has 2 nitrogen and oxygen atoms in total. The minimum Gasteiger partial charge on any atom is -0.297 e. The van der Waals surface area contributed by atoms with Gasteiger partial charge in [-0.15, -0.1) is 0 Å². The lowest BCUT2D eigenvalue weighted by atomic mass is 9.93. The van der Waals surface area contributed by atoms with Crippen molar-refractivity contribution < 1.29 is 0 Å². The van der Waals surface area contributed by atoms with Gasteiger partial charge in [0.15, 0.2) is 0 Å². The maximum atomic E-state index is 3.08. The summed E-state index contributed by atoms with van der Waals surface area (Å²) >= 11 is 0. The monoisotopic (exact) mass is 470 g/mol. The number of hydrogen-bond donors (Lipinski definition) is 0. The lowest BCUT2D eigenvalue weighted by Gasteiger charge is -2.45. The number of likely N-dealkylation sites (tertiary alicyclic amines) is 2. The summed E-state index contributed by atoms with van der Waals surface area (Å²) in [6.07, 6.45) is 21.1. The van der Waals surface area contributed by atoms with Gasteiger partial charge in [0.2, 0.25) is 0 Å². The van der Waals surface area contributed by atoms with E-state index in [1.165, 1.54) is 103 Å². The van der Waals surface area contributed by atoms with E-state index >= 15 is 0 Å². The van der Waals surface area contributed by atoms with Crippen molar-refractivity contribution in [3.63, 3.8) is 0 Å². The number of nitrogens with zero attached hydrogens (tertiary/aromatic N) is 2. The predicted molar refractivity (Wildman–Crippen MR) is 143 cm³/mol. The maximum Gasteiger partial charge on any atom is 0.0547 e. The van der Waals surface area contributed by atoms with Crippen molar-refractivity contribution in [1.82, 2.24) is 9.80 Å². The quantitative estimate of drug-likeness (QED) is 0.391. The third-order valence-corrected chi connectivity index (χ3v) is 17.9. The van der Waals surface area contributed by atoms with Crippen LogP contribution in [0.4, 0.5) is 0 Å². The summed E-state index contributed by atoms with van der Waals surface area (Å²) in [5.41, 5.74) is 2.18.